The summed E-state index contributed by atoms with van der Waals surface area (Å²) in [5, 5.41) is 1.39. The second-order valence-corrected chi connectivity index (χ2v) is 7.90. The van der Waals surface area contributed by atoms with Crippen LogP contribution in [0.2, 0.25) is 0 Å². The van der Waals surface area contributed by atoms with Gasteiger partial charge in [-0.3, -0.25) is 14.2 Å². The van der Waals surface area contributed by atoms with Gasteiger partial charge in [0.25, 0.3) is 5.56 Å². The smallest absolute Gasteiger partial charge is 0.262 e. The minimum absolute atomic E-state index is 0.00839. The Morgan fingerprint density at radius 2 is 2.08 bits per heavy atom. The Morgan fingerprint density at radius 3 is 2.88 bits per heavy atom. The molecule has 3 aromatic rings. The summed E-state index contributed by atoms with van der Waals surface area (Å²) in [5.74, 6) is 0.324. The quantitative estimate of drug-likeness (QED) is 0.408. The van der Waals surface area contributed by atoms with Gasteiger partial charge in [0, 0.05) is 17.5 Å². The van der Waals surface area contributed by atoms with Crippen LogP contribution >= 0.6 is 23.1 Å². The number of rotatable bonds is 4. The van der Waals surface area contributed by atoms with Crippen LogP contribution in [0.4, 0.5) is 0 Å². The molecule has 122 valence electrons. The molecule has 0 spiro atoms. The van der Waals surface area contributed by atoms with Gasteiger partial charge < -0.3 is 0 Å². The molecule has 0 aliphatic heterocycles. The SMILES string of the molecule is Cn1c(SCC(=O)c2ccccc2)nc2sc3c(c2c1=O)CCC3. The predicted octanol–water partition coefficient (Wildman–Crippen LogP) is 3.46. The summed E-state index contributed by atoms with van der Waals surface area (Å²) in [4.78, 5) is 31.8. The molecule has 1 aromatic carbocycles. The van der Waals surface area contributed by atoms with E-state index in [-0.39, 0.29) is 17.1 Å². The van der Waals surface area contributed by atoms with Crippen LogP contribution in [0.25, 0.3) is 10.2 Å². The van der Waals surface area contributed by atoms with Gasteiger partial charge in [0.15, 0.2) is 10.9 Å². The zero-order valence-electron chi connectivity index (χ0n) is 13.2. The first kappa shape index (κ1) is 15.6. The van der Waals surface area contributed by atoms with Crippen molar-refractivity contribution in [3.63, 3.8) is 0 Å². The number of Topliss-reactive ketones (excluding diaryl/α,β-unsaturated/α-hetero) is 1. The van der Waals surface area contributed by atoms with Gasteiger partial charge in [-0.15, -0.1) is 11.3 Å². The highest BCUT2D eigenvalue weighted by Gasteiger charge is 2.22. The molecule has 0 saturated carbocycles. The van der Waals surface area contributed by atoms with Crippen LogP contribution in [0.5, 0.6) is 0 Å². The van der Waals surface area contributed by atoms with Gasteiger partial charge in [0.1, 0.15) is 4.83 Å². The Morgan fingerprint density at radius 1 is 1.29 bits per heavy atom. The molecule has 4 nitrogen and oxygen atoms in total. The summed E-state index contributed by atoms with van der Waals surface area (Å²) in [6, 6.07) is 9.21. The van der Waals surface area contributed by atoms with E-state index in [4.69, 9.17) is 0 Å². The second-order valence-electron chi connectivity index (χ2n) is 5.87. The minimum Gasteiger partial charge on any atom is -0.293 e. The van der Waals surface area contributed by atoms with Crippen LogP contribution in [-0.2, 0) is 19.9 Å². The Hall–Kier alpha value is -1.92. The van der Waals surface area contributed by atoms with E-state index in [0.717, 1.165) is 29.5 Å². The number of fused-ring (bicyclic) bond motifs is 3. The van der Waals surface area contributed by atoms with Crippen molar-refractivity contribution in [3.8, 4) is 0 Å². The molecular formula is C18H16N2O2S2. The molecule has 2 aromatic heterocycles. The molecule has 0 saturated heterocycles. The number of thioether (sulfide) groups is 1. The lowest BCUT2D eigenvalue weighted by Gasteiger charge is -2.07. The van der Waals surface area contributed by atoms with Crippen LogP contribution in [-0.4, -0.2) is 21.1 Å². The molecule has 0 unspecified atom stereocenters. The molecule has 0 bridgehead atoms. The van der Waals surface area contributed by atoms with Gasteiger partial charge in [-0.1, -0.05) is 42.1 Å². The van der Waals surface area contributed by atoms with Crippen molar-refractivity contribution in [1.82, 2.24) is 9.55 Å². The molecule has 24 heavy (non-hydrogen) atoms. The highest BCUT2D eigenvalue weighted by Crippen LogP contribution is 2.35. The lowest BCUT2D eigenvalue weighted by atomic mass is 10.2. The maximum Gasteiger partial charge on any atom is 0.262 e. The Labute approximate surface area is 147 Å². The van der Waals surface area contributed by atoms with Gasteiger partial charge in [0.05, 0.1) is 11.1 Å². The highest BCUT2D eigenvalue weighted by molar-refractivity contribution is 7.99. The number of carbonyl (C=O) groups is 1. The van der Waals surface area contributed by atoms with Gasteiger partial charge in [-0.2, -0.15) is 0 Å². The molecule has 1 aliphatic carbocycles. The van der Waals surface area contributed by atoms with Gasteiger partial charge in [0.2, 0.25) is 0 Å². The average molecular weight is 356 g/mol. The van der Waals surface area contributed by atoms with Crippen LogP contribution in [0.1, 0.15) is 27.2 Å². The maximum atomic E-state index is 12.7. The molecule has 0 fully saturated rings. The van der Waals surface area contributed by atoms with E-state index >= 15 is 0 Å². The molecule has 0 radical (unpaired) electrons. The highest BCUT2D eigenvalue weighted by atomic mass is 32.2. The number of hydrogen-bond acceptors (Lipinski definition) is 5. The van der Waals surface area contributed by atoms with E-state index in [0.29, 0.717) is 10.7 Å². The fourth-order valence-corrected chi connectivity index (χ4v) is 5.24. The summed E-state index contributed by atoms with van der Waals surface area (Å²) in [5.41, 5.74) is 1.89. The van der Waals surface area contributed by atoms with E-state index < -0.39 is 0 Å². The maximum absolute atomic E-state index is 12.7. The van der Waals surface area contributed by atoms with Crippen LogP contribution < -0.4 is 5.56 Å². The number of thiophene rings is 1. The first-order chi connectivity index (χ1) is 11.6. The van der Waals surface area contributed by atoms with Gasteiger partial charge in [-0.25, -0.2) is 4.98 Å². The topological polar surface area (TPSA) is 52.0 Å². The number of aryl methyl sites for hydroxylation is 2. The average Bonchev–Trinajstić information content (AvgIpc) is 3.18. The summed E-state index contributed by atoms with van der Waals surface area (Å²) >= 11 is 2.96. The molecule has 6 heteroatoms. The molecular weight excluding hydrogens is 340 g/mol. The monoisotopic (exact) mass is 356 g/mol. The molecule has 0 N–H and O–H groups in total. The number of nitrogens with zero attached hydrogens (tertiary/aromatic N) is 2. The predicted molar refractivity (Wildman–Crippen MR) is 98.4 cm³/mol. The minimum atomic E-state index is 0.00839. The van der Waals surface area contributed by atoms with Crippen molar-refractivity contribution in [3.05, 3.63) is 56.7 Å². The van der Waals surface area contributed by atoms with Gasteiger partial charge in [-0.05, 0) is 24.8 Å². The van der Waals surface area contributed by atoms with Crippen LogP contribution in [0, 0.1) is 0 Å². The van der Waals surface area contributed by atoms with Gasteiger partial charge >= 0.3 is 0 Å². The normalized spacial score (nSPS) is 13.4. The number of aromatic nitrogens is 2. The van der Waals surface area contributed by atoms with Crippen LogP contribution in [0.3, 0.4) is 0 Å². The lowest BCUT2D eigenvalue weighted by Crippen LogP contribution is -2.20. The lowest BCUT2D eigenvalue weighted by molar-refractivity contribution is 0.102. The second kappa shape index (κ2) is 6.18. The summed E-state index contributed by atoms with van der Waals surface area (Å²) in [6.45, 7) is 0. The number of ketones is 1. The van der Waals surface area contributed by atoms with E-state index in [1.807, 2.05) is 30.3 Å². The zero-order chi connectivity index (χ0) is 16.7. The van der Waals surface area contributed by atoms with Crippen molar-refractivity contribution >= 4 is 39.1 Å². The molecule has 0 amide bonds. The summed E-state index contributed by atoms with van der Waals surface area (Å²) < 4.78 is 1.58. The Balaban J connectivity index is 1.64. The molecule has 0 atom stereocenters. The van der Waals surface area contributed by atoms with E-state index in [1.54, 1.807) is 23.0 Å². The third-order valence-corrected chi connectivity index (χ3v) is 6.55. The molecule has 1 aliphatic rings. The first-order valence-corrected chi connectivity index (χ1v) is 9.67. The Bertz CT molecular complexity index is 990. The van der Waals surface area contributed by atoms with Crippen molar-refractivity contribution in [1.29, 1.82) is 0 Å². The number of hydrogen-bond donors (Lipinski definition) is 0. The van der Waals surface area contributed by atoms with Crippen molar-refractivity contribution in [2.45, 2.75) is 24.4 Å². The molecule has 2 heterocycles. The fraction of sp³-hybridized carbons (Fsp3) is 0.278. The largest absolute Gasteiger partial charge is 0.293 e. The van der Waals surface area contributed by atoms with Crippen molar-refractivity contribution < 1.29 is 4.79 Å². The van der Waals surface area contributed by atoms with E-state index in [2.05, 4.69) is 4.98 Å². The van der Waals surface area contributed by atoms with E-state index in [1.165, 1.54) is 22.2 Å². The summed E-state index contributed by atoms with van der Waals surface area (Å²) in [6.07, 6.45) is 3.15. The third-order valence-electron chi connectivity index (χ3n) is 4.33. The van der Waals surface area contributed by atoms with Crippen molar-refractivity contribution in [2.75, 3.05) is 5.75 Å². The number of carbonyl (C=O) groups excluding carboxylic acids is 1. The zero-order valence-corrected chi connectivity index (χ0v) is 14.9. The summed E-state index contributed by atoms with van der Waals surface area (Å²) in [7, 11) is 1.74. The fourth-order valence-electron chi connectivity index (χ4n) is 3.07. The first-order valence-electron chi connectivity index (χ1n) is 7.87. The van der Waals surface area contributed by atoms with E-state index in [9.17, 15) is 9.59 Å². The third kappa shape index (κ3) is 2.59. The van der Waals surface area contributed by atoms with Crippen LogP contribution in [0.15, 0.2) is 40.3 Å². The van der Waals surface area contributed by atoms with Crippen molar-refractivity contribution in [2.24, 2.45) is 7.05 Å². The number of benzene rings is 1. The Kier molecular flexibility index (Phi) is 4.02. The standard InChI is InChI=1S/C18H16N2O2S2/c1-20-17(22)15-12-8-5-9-14(12)24-16(15)19-18(20)23-10-13(21)11-6-3-2-4-7-11/h2-4,6-7H,5,8-10H2,1H3. The molecule has 4 rings (SSSR count).